The van der Waals surface area contributed by atoms with Gasteiger partial charge in [0, 0.05) is 42.3 Å². The van der Waals surface area contributed by atoms with Crippen molar-refractivity contribution in [2.45, 2.75) is 26.9 Å². The highest BCUT2D eigenvalue weighted by Crippen LogP contribution is 2.28. The predicted molar refractivity (Wildman–Crippen MR) is 127 cm³/mol. The summed E-state index contributed by atoms with van der Waals surface area (Å²) in [5.41, 5.74) is 1.69. The number of ether oxygens (including phenoxy) is 2. The molecule has 9 nitrogen and oxygen atoms in total. The molecule has 3 aromatic rings. The van der Waals surface area contributed by atoms with Gasteiger partial charge in [-0.05, 0) is 42.9 Å². The molecule has 0 aliphatic heterocycles. The summed E-state index contributed by atoms with van der Waals surface area (Å²) in [6.45, 7) is 8.08. The van der Waals surface area contributed by atoms with Crippen molar-refractivity contribution in [1.29, 1.82) is 0 Å². The average molecular weight is 455 g/mol. The van der Waals surface area contributed by atoms with Gasteiger partial charge in [-0.1, -0.05) is 19.9 Å². The fraction of sp³-hybridized carbons (Fsp3) is 0.375. The molecular formula is C24H30N4O5. The third kappa shape index (κ3) is 6.23. The van der Waals surface area contributed by atoms with E-state index < -0.39 is 4.92 Å². The Kier molecular flexibility index (Phi) is 8.26. The van der Waals surface area contributed by atoms with Crippen LogP contribution >= 0.6 is 0 Å². The molecular weight excluding hydrogens is 424 g/mol. The molecule has 0 fully saturated rings. The van der Waals surface area contributed by atoms with E-state index in [4.69, 9.17) is 9.47 Å². The summed E-state index contributed by atoms with van der Waals surface area (Å²) >= 11 is 0. The van der Waals surface area contributed by atoms with Crippen LogP contribution in [0.4, 0.5) is 5.69 Å². The van der Waals surface area contributed by atoms with Crippen LogP contribution in [0.1, 0.15) is 19.4 Å². The third-order valence-corrected chi connectivity index (χ3v) is 5.56. The van der Waals surface area contributed by atoms with Crippen LogP contribution in [-0.4, -0.2) is 53.6 Å². The molecule has 0 spiro atoms. The summed E-state index contributed by atoms with van der Waals surface area (Å²) in [5.74, 6) is 1.14. The minimum atomic E-state index is -0.431. The predicted octanol–water partition coefficient (Wildman–Crippen LogP) is 3.60. The number of nitrogens with one attached hydrogen (secondary N) is 1. The molecule has 9 heteroatoms. The Balaban J connectivity index is 1.56. The Hall–Kier alpha value is -3.59. The Morgan fingerprint density at radius 1 is 1.12 bits per heavy atom. The molecule has 3 rings (SSSR count). The largest absolute Gasteiger partial charge is 0.493 e. The number of hydrogen-bond donors (Lipinski definition) is 1. The number of aromatic nitrogens is 1. The van der Waals surface area contributed by atoms with Crippen LogP contribution < -0.4 is 14.8 Å². The highest BCUT2D eigenvalue weighted by Gasteiger charge is 2.12. The van der Waals surface area contributed by atoms with E-state index in [1.165, 1.54) is 12.1 Å². The maximum atomic E-state index is 12.5. The van der Waals surface area contributed by atoms with Crippen LogP contribution in [0.25, 0.3) is 10.9 Å². The second kappa shape index (κ2) is 11.3. The van der Waals surface area contributed by atoms with E-state index in [0.29, 0.717) is 24.7 Å². The number of methoxy groups -OCH3 is 1. The summed E-state index contributed by atoms with van der Waals surface area (Å²) in [4.78, 5) is 25.3. The SMILES string of the molecule is CCN(CC)CCOc1ccc(CNC(=O)Cn2ccc3cc([N+](=O)[O-])ccc32)cc1OC. The zero-order valence-corrected chi connectivity index (χ0v) is 19.2. The number of amides is 1. The van der Waals surface area contributed by atoms with Gasteiger partial charge in [0.05, 0.1) is 12.0 Å². The van der Waals surface area contributed by atoms with E-state index in [9.17, 15) is 14.9 Å². The number of carbonyl (C=O) groups excluding carboxylic acids is 1. The smallest absolute Gasteiger partial charge is 0.270 e. The van der Waals surface area contributed by atoms with Crippen LogP contribution in [0.2, 0.25) is 0 Å². The van der Waals surface area contributed by atoms with Gasteiger partial charge >= 0.3 is 0 Å². The second-order valence-electron chi connectivity index (χ2n) is 7.58. The van der Waals surface area contributed by atoms with E-state index >= 15 is 0 Å². The van der Waals surface area contributed by atoms with Gasteiger partial charge in [-0.25, -0.2) is 0 Å². The summed E-state index contributed by atoms with van der Waals surface area (Å²) in [6.07, 6.45) is 1.75. The van der Waals surface area contributed by atoms with Crippen LogP contribution in [0.15, 0.2) is 48.7 Å². The van der Waals surface area contributed by atoms with Crippen LogP contribution in [0, 0.1) is 10.1 Å². The highest BCUT2D eigenvalue weighted by molar-refractivity contribution is 5.85. The lowest BCUT2D eigenvalue weighted by molar-refractivity contribution is -0.384. The molecule has 176 valence electrons. The molecule has 0 unspecified atom stereocenters. The Labute approximate surface area is 193 Å². The van der Waals surface area contributed by atoms with E-state index in [1.807, 2.05) is 18.2 Å². The van der Waals surface area contributed by atoms with Gasteiger partial charge in [0.25, 0.3) is 5.69 Å². The van der Waals surface area contributed by atoms with E-state index in [2.05, 4.69) is 24.1 Å². The molecule has 0 aliphatic rings. The minimum Gasteiger partial charge on any atom is -0.493 e. The molecule has 1 heterocycles. The maximum absolute atomic E-state index is 12.5. The number of likely N-dealkylation sites (N-methyl/N-ethyl adjacent to an activating group) is 1. The molecule has 2 aromatic carbocycles. The molecule has 0 saturated heterocycles. The first-order chi connectivity index (χ1) is 15.9. The van der Waals surface area contributed by atoms with Crippen molar-refractivity contribution >= 4 is 22.5 Å². The normalized spacial score (nSPS) is 11.0. The van der Waals surface area contributed by atoms with Crippen molar-refractivity contribution in [3.63, 3.8) is 0 Å². The topological polar surface area (TPSA) is 98.9 Å². The number of non-ortho nitro benzene ring substituents is 1. The molecule has 33 heavy (non-hydrogen) atoms. The first-order valence-electron chi connectivity index (χ1n) is 11.0. The van der Waals surface area contributed by atoms with Crippen LogP contribution in [0.5, 0.6) is 11.5 Å². The Morgan fingerprint density at radius 3 is 2.61 bits per heavy atom. The Morgan fingerprint density at radius 2 is 1.91 bits per heavy atom. The fourth-order valence-corrected chi connectivity index (χ4v) is 3.62. The maximum Gasteiger partial charge on any atom is 0.270 e. The molecule has 0 saturated carbocycles. The monoisotopic (exact) mass is 454 g/mol. The summed E-state index contributed by atoms with van der Waals surface area (Å²) < 4.78 is 13.1. The van der Waals surface area contributed by atoms with Crippen molar-refractivity contribution < 1.29 is 19.2 Å². The van der Waals surface area contributed by atoms with Crippen molar-refractivity contribution in [2.24, 2.45) is 0 Å². The summed E-state index contributed by atoms with van der Waals surface area (Å²) in [5, 5.41) is 14.6. The van der Waals surface area contributed by atoms with Crippen molar-refractivity contribution in [3.05, 3.63) is 64.3 Å². The molecule has 0 atom stereocenters. The van der Waals surface area contributed by atoms with Gasteiger partial charge in [-0.15, -0.1) is 0 Å². The number of nitro benzene ring substituents is 1. The first-order valence-corrected chi connectivity index (χ1v) is 11.0. The molecule has 1 N–H and O–H groups in total. The van der Waals surface area contributed by atoms with Crippen molar-refractivity contribution in [3.8, 4) is 11.5 Å². The number of nitrogens with zero attached hydrogens (tertiary/aromatic N) is 3. The molecule has 1 amide bonds. The molecule has 0 radical (unpaired) electrons. The molecule has 1 aromatic heterocycles. The molecule has 0 aliphatic carbocycles. The van der Waals surface area contributed by atoms with Crippen molar-refractivity contribution in [1.82, 2.24) is 14.8 Å². The lowest BCUT2D eigenvalue weighted by atomic mass is 10.2. The lowest BCUT2D eigenvalue weighted by Crippen LogP contribution is -2.28. The fourth-order valence-electron chi connectivity index (χ4n) is 3.62. The number of fused-ring (bicyclic) bond motifs is 1. The number of carbonyl (C=O) groups is 1. The van der Waals surface area contributed by atoms with E-state index in [0.717, 1.165) is 36.1 Å². The zero-order chi connectivity index (χ0) is 23.8. The van der Waals surface area contributed by atoms with Gasteiger partial charge in [0.1, 0.15) is 13.2 Å². The standard InChI is InChI=1S/C24H30N4O5/c1-4-26(5-2)12-13-33-22-9-6-18(14-23(22)32-3)16-25-24(29)17-27-11-10-19-15-20(28(30)31)7-8-21(19)27/h6-11,14-15H,4-5,12-13,16-17H2,1-3H3,(H,25,29). The first kappa shape index (κ1) is 24.1. The van der Waals surface area contributed by atoms with Gasteiger partial charge in [-0.2, -0.15) is 0 Å². The van der Waals surface area contributed by atoms with Gasteiger partial charge in [0.15, 0.2) is 11.5 Å². The van der Waals surface area contributed by atoms with Gasteiger partial charge in [0.2, 0.25) is 5.91 Å². The zero-order valence-electron chi connectivity index (χ0n) is 19.2. The number of benzene rings is 2. The molecule has 0 bridgehead atoms. The quantitative estimate of drug-likeness (QED) is 0.332. The van der Waals surface area contributed by atoms with E-state index in [1.54, 1.807) is 30.0 Å². The number of rotatable bonds is 12. The van der Waals surface area contributed by atoms with Gasteiger partial charge in [-0.3, -0.25) is 14.9 Å². The highest BCUT2D eigenvalue weighted by atomic mass is 16.6. The third-order valence-electron chi connectivity index (χ3n) is 5.56. The average Bonchev–Trinajstić information content (AvgIpc) is 3.22. The summed E-state index contributed by atoms with van der Waals surface area (Å²) in [6, 6.07) is 12.0. The van der Waals surface area contributed by atoms with Crippen LogP contribution in [-0.2, 0) is 17.9 Å². The lowest BCUT2D eigenvalue weighted by Gasteiger charge is -2.19. The minimum absolute atomic E-state index is 0.0270. The van der Waals surface area contributed by atoms with Crippen LogP contribution in [0.3, 0.4) is 0 Å². The van der Waals surface area contributed by atoms with E-state index in [-0.39, 0.29) is 18.1 Å². The Bertz CT molecular complexity index is 1110. The summed E-state index contributed by atoms with van der Waals surface area (Å²) in [7, 11) is 1.59. The number of hydrogen-bond acceptors (Lipinski definition) is 6. The van der Waals surface area contributed by atoms with Gasteiger partial charge < -0.3 is 24.3 Å². The second-order valence-corrected chi connectivity index (χ2v) is 7.58. The van der Waals surface area contributed by atoms with Crippen molar-refractivity contribution in [2.75, 3.05) is 33.4 Å². The number of nitro groups is 1.